The smallest absolute Gasteiger partial charge is 0.182 e. The van der Waals surface area contributed by atoms with E-state index in [1.54, 1.807) is 6.33 Å². The van der Waals surface area contributed by atoms with Gasteiger partial charge in [-0.15, -0.1) is 0 Å². The van der Waals surface area contributed by atoms with Crippen LogP contribution in [-0.2, 0) is 0 Å². The number of imidazole rings is 1. The lowest BCUT2D eigenvalue weighted by Crippen LogP contribution is -2.28. The summed E-state index contributed by atoms with van der Waals surface area (Å²) >= 11 is 0. The molecule has 98 valence electrons. The van der Waals surface area contributed by atoms with Gasteiger partial charge in [0.15, 0.2) is 11.5 Å². The first kappa shape index (κ1) is 12.8. The van der Waals surface area contributed by atoms with Crippen molar-refractivity contribution in [2.75, 3.05) is 11.9 Å². The van der Waals surface area contributed by atoms with Crippen molar-refractivity contribution >= 4 is 17.0 Å². The molecule has 0 aromatic carbocycles. The first-order valence-electron chi connectivity index (χ1n) is 6.32. The van der Waals surface area contributed by atoms with Crippen LogP contribution in [0, 0.1) is 5.92 Å². The van der Waals surface area contributed by atoms with Gasteiger partial charge in [-0.25, -0.2) is 15.0 Å². The zero-order chi connectivity index (χ0) is 13.0. The maximum Gasteiger partial charge on any atom is 0.182 e. The van der Waals surface area contributed by atoms with Crippen molar-refractivity contribution in [3.63, 3.8) is 0 Å². The van der Waals surface area contributed by atoms with Crippen LogP contribution in [0.2, 0.25) is 0 Å². The molecular weight excluding hydrogens is 230 g/mol. The number of anilines is 1. The molecule has 0 amide bonds. The number of H-pyrrole nitrogens is 1. The summed E-state index contributed by atoms with van der Waals surface area (Å²) in [4.78, 5) is 15.3. The summed E-state index contributed by atoms with van der Waals surface area (Å²) in [6.07, 6.45) is 4.63. The van der Waals surface area contributed by atoms with Crippen molar-refractivity contribution in [2.24, 2.45) is 5.92 Å². The third-order valence-electron chi connectivity index (χ3n) is 3.29. The molecule has 0 radical (unpaired) electrons. The molecule has 0 aliphatic rings. The maximum absolute atomic E-state index is 10.1. The molecule has 0 saturated heterocycles. The molecule has 3 N–H and O–H groups in total. The number of hydrogen-bond acceptors (Lipinski definition) is 5. The van der Waals surface area contributed by atoms with Crippen LogP contribution >= 0.6 is 0 Å². The lowest BCUT2D eigenvalue weighted by molar-refractivity contribution is 0.114. The van der Waals surface area contributed by atoms with Gasteiger partial charge in [0.25, 0.3) is 0 Å². The number of aromatic amines is 1. The van der Waals surface area contributed by atoms with E-state index in [2.05, 4.69) is 39.1 Å². The van der Waals surface area contributed by atoms with E-state index in [1.165, 1.54) is 6.33 Å². The highest BCUT2D eigenvalue weighted by atomic mass is 16.3. The molecule has 18 heavy (non-hydrogen) atoms. The van der Waals surface area contributed by atoms with Crippen molar-refractivity contribution in [1.82, 2.24) is 19.9 Å². The highest BCUT2D eigenvalue weighted by molar-refractivity contribution is 5.81. The van der Waals surface area contributed by atoms with Crippen molar-refractivity contribution in [3.05, 3.63) is 12.7 Å². The molecule has 0 spiro atoms. The van der Waals surface area contributed by atoms with Gasteiger partial charge in [0.1, 0.15) is 11.8 Å². The Morgan fingerprint density at radius 1 is 1.28 bits per heavy atom. The number of aliphatic hydroxyl groups excluding tert-OH is 1. The molecule has 2 aromatic rings. The second kappa shape index (κ2) is 5.77. The van der Waals surface area contributed by atoms with Crippen molar-refractivity contribution in [3.8, 4) is 0 Å². The van der Waals surface area contributed by atoms with Crippen LogP contribution in [0.25, 0.3) is 11.2 Å². The number of fused-ring (bicyclic) bond motifs is 1. The lowest BCUT2D eigenvalue weighted by Gasteiger charge is -2.20. The van der Waals surface area contributed by atoms with Crippen LogP contribution in [0.15, 0.2) is 12.7 Å². The molecule has 1 atom stereocenters. The quantitative estimate of drug-likeness (QED) is 0.723. The molecule has 2 heterocycles. The Hall–Kier alpha value is -1.69. The lowest BCUT2D eigenvalue weighted by atomic mass is 9.96. The third-order valence-corrected chi connectivity index (χ3v) is 3.29. The Morgan fingerprint density at radius 3 is 2.78 bits per heavy atom. The molecule has 2 aromatic heterocycles. The zero-order valence-electron chi connectivity index (χ0n) is 10.7. The largest absolute Gasteiger partial charge is 0.391 e. The zero-order valence-corrected chi connectivity index (χ0v) is 10.7. The fourth-order valence-corrected chi connectivity index (χ4v) is 2.10. The summed E-state index contributed by atoms with van der Waals surface area (Å²) in [7, 11) is 0. The Morgan fingerprint density at radius 2 is 2.06 bits per heavy atom. The van der Waals surface area contributed by atoms with E-state index < -0.39 is 0 Å². The molecular formula is C12H19N5O. The summed E-state index contributed by atoms with van der Waals surface area (Å²) < 4.78 is 0. The van der Waals surface area contributed by atoms with Gasteiger partial charge in [-0.05, 0) is 5.92 Å². The normalized spacial score (nSPS) is 13.1. The van der Waals surface area contributed by atoms with Crippen molar-refractivity contribution in [2.45, 2.75) is 32.8 Å². The van der Waals surface area contributed by atoms with Gasteiger partial charge in [0, 0.05) is 6.54 Å². The highest BCUT2D eigenvalue weighted by Crippen LogP contribution is 2.17. The predicted octanol–water partition coefficient (Wildman–Crippen LogP) is 1.56. The van der Waals surface area contributed by atoms with Gasteiger partial charge in [0.2, 0.25) is 0 Å². The number of nitrogens with zero attached hydrogens (tertiary/aromatic N) is 3. The van der Waals surface area contributed by atoms with E-state index in [4.69, 9.17) is 0 Å². The van der Waals surface area contributed by atoms with Gasteiger partial charge in [-0.3, -0.25) is 0 Å². The van der Waals surface area contributed by atoms with E-state index >= 15 is 0 Å². The van der Waals surface area contributed by atoms with Crippen LogP contribution in [0.5, 0.6) is 0 Å². The average molecular weight is 249 g/mol. The Balaban J connectivity index is 2.04. The minimum Gasteiger partial charge on any atom is -0.391 e. The van der Waals surface area contributed by atoms with Crippen LogP contribution < -0.4 is 5.32 Å². The van der Waals surface area contributed by atoms with E-state index in [9.17, 15) is 5.11 Å². The molecule has 0 aliphatic heterocycles. The van der Waals surface area contributed by atoms with Gasteiger partial charge in [0.05, 0.1) is 12.4 Å². The van der Waals surface area contributed by atoms with Crippen LogP contribution in [0.4, 0.5) is 5.82 Å². The Bertz CT molecular complexity index is 494. The highest BCUT2D eigenvalue weighted by Gasteiger charge is 2.16. The van der Waals surface area contributed by atoms with Crippen LogP contribution in [-0.4, -0.2) is 37.7 Å². The molecule has 0 aliphatic carbocycles. The second-order valence-electron chi connectivity index (χ2n) is 4.35. The standard InChI is InChI=1S/C12H19N5O/c1-3-8(4-2)9(18)5-13-11-10-12(15-6-14-10)17-7-16-11/h6-9,18H,3-5H2,1-2H3,(H2,13,14,15,16,17). The van der Waals surface area contributed by atoms with Gasteiger partial charge >= 0.3 is 0 Å². The summed E-state index contributed by atoms with van der Waals surface area (Å²) in [6, 6.07) is 0. The minimum atomic E-state index is -0.368. The maximum atomic E-state index is 10.1. The molecule has 2 rings (SSSR count). The van der Waals surface area contributed by atoms with Crippen molar-refractivity contribution < 1.29 is 5.11 Å². The Kier molecular flexibility index (Phi) is 4.09. The molecule has 0 bridgehead atoms. The predicted molar refractivity (Wildman–Crippen MR) is 70.3 cm³/mol. The average Bonchev–Trinajstić information content (AvgIpc) is 2.86. The molecule has 6 nitrogen and oxygen atoms in total. The van der Waals surface area contributed by atoms with Gasteiger partial charge in [-0.2, -0.15) is 0 Å². The summed E-state index contributed by atoms with van der Waals surface area (Å²) in [5, 5.41) is 13.2. The minimum absolute atomic E-state index is 0.316. The van der Waals surface area contributed by atoms with Crippen LogP contribution in [0.3, 0.4) is 0 Å². The molecule has 0 saturated carbocycles. The number of hydrogen-bond donors (Lipinski definition) is 3. The molecule has 1 unspecified atom stereocenters. The summed E-state index contributed by atoms with van der Waals surface area (Å²) in [5.74, 6) is 0.999. The number of aromatic nitrogens is 4. The fraction of sp³-hybridized carbons (Fsp3) is 0.583. The SMILES string of the molecule is CCC(CC)C(O)CNc1ncnc2nc[nH]c12. The third kappa shape index (κ3) is 2.59. The van der Waals surface area contributed by atoms with E-state index in [-0.39, 0.29) is 6.10 Å². The molecule has 0 fully saturated rings. The second-order valence-corrected chi connectivity index (χ2v) is 4.35. The topological polar surface area (TPSA) is 86.7 Å². The van der Waals surface area contributed by atoms with E-state index in [0.29, 0.717) is 23.9 Å². The first-order valence-corrected chi connectivity index (χ1v) is 6.32. The summed E-state index contributed by atoms with van der Waals surface area (Å²) in [6.45, 7) is 4.67. The number of rotatable bonds is 6. The number of nitrogens with one attached hydrogen (secondary N) is 2. The summed E-state index contributed by atoms with van der Waals surface area (Å²) in [5.41, 5.74) is 1.40. The van der Waals surface area contributed by atoms with Crippen LogP contribution in [0.1, 0.15) is 26.7 Å². The van der Waals surface area contributed by atoms with E-state index in [1.807, 2.05) is 0 Å². The first-order chi connectivity index (χ1) is 8.76. The monoisotopic (exact) mass is 249 g/mol. The van der Waals surface area contributed by atoms with Gasteiger partial charge < -0.3 is 15.4 Å². The molecule has 6 heteroatoms. The van der Waals surface area contributed by atoms with E-state index in [0.717, 1.165) is 18.4 Å². The van der Waals surface area contributed by atoms with Crippen molar-refractivity contribution in [1.29, 1.82) is 0 Å². The van der Waals surface area contributed by atoms with Gasteiger partial charge in [-0.1, -0.05) is 26.7 Å². The number of aliphatic hydroxyl groups is 1. The fourth-order valence-electron chi connectivity index (χ4n) is 2.10. The Labute approximate surface area is 106 Å².